The molecule has 0 saturated carbocycles. The second kappa shape index (κ2) is 7.32. The minimum atomic E-state index is -0.198. The lowest BCUT2D eigenvalue weighted by molar-refractivity contribution is 0.0988. The van der Waals surface area contributed by atoms with E-state index in [1.165, 1.54) is 0 Å². The highest BCUT2D eigenvalue weighted by atomic mass is 35.5. The van der Waals surface area contributed by atoms with Crippen LogP contribution in [0.2, 0.25) is 5.02 Å². The molecule has 1 amide bonds. The Hall–Kier alpha value is -2.92. The molecule has 6 heteroatoms. The Balaban J connectivity index is 1.86. The van der Waals surface area contributed by atoms with E-state index in [0.29, 0.717) is 22.4 Å². The molecule has 0 radical (unpaired) electrons. The zero-order valence-electron chi connectivity index (χ0n) is 13.9. The highest BCUT2D eigenvalue weighted by Crippen LogP contribution is 2.20. The first-order valence-electron chi connectivity index (χ1n) is 7.74. The van der Waals surface area contributed by atoms with Gasteiger partial charge in [-0.15, -0.1) is 0 Å². The molecule has 5 nitrogen and oxygen atoms in total. The lowest BCUT2D eigenvalue weighted by atomic mass is 10.2. The van der Waals surface area contributed by atoms with Crippen molar-refractivity contribution in [1.82, 2.24) is 9.97 Å². The maximum Gasteiger partial charge on any atom is 0.276 e. The summed E-state index contributed by atoms with van der Waals surface area (Å²) in [7, 11) is 1.72. The maximum atomic E-state index is 12.7. The molecule has 0 saturated heterocycles. The van der Waals surface area contributed by atoms with E-state index in [1.807, 2.05) is 42.5 Å². The summed E-state index contributed by atoms with van der Waals surface area (Å²) in [5.41, 5.74) is 1.96. The van der Waals surface area contributed by atoms with Gasteiger partial charge in [-0.1, -0.05) is 29.8 Å². The lowest BCUT2D eigenvalue weighted by Gasteiger charge is -2.17. The summed E-state index contributed by atoms with van der Waals surface area (Å²) >= 11 is 5.90. The average Bonchev–Trinajstić information content (AvgIpc) is 2.62. The number of aryl methyl sites for hydroxylation is 1. The fraction of sp³-hybridized carbons (Fsp3) is 0.105. The third-order valence-electron chi connectivity index (χ3n) is 3.62. The number of aromatic nitrogens is 2. The molecule has 1 aromatic heterocycles. The Morgan fingerprint density at radius 3 is 2.40 bits per heavy atom. The third kappa shape index (κ3) is 4.14. The van der Waals surface area contributed by atoms with E-state index in [-0.39, 0.29) is 5.91 Å². The zero-order chi connectivity index (χ0) is 17.8. The molecule has 1 heterocycles. The van der Waals surface area contributed by atoms with Gasteiger partial charge in [0.25, 0.3) is 5.91 Å². The van der Waals surface area contributed by atoms with Gasteiger partial charge in [0.1, 0.15) is 17.3 Å². The van der Waals surface area contributed by atoms with Crippen LogP contribution in [0, 0.1) is 6.92 Å². The first-order chi connectivity index (χ1) is 12.0. The summed E-state index contributed by atoms with van der Waals surface area (Å²) < 4.78 is 0. The maximum absolute atomic E-state index is 12.7. The average molecular weight is 353 g/mol. The van der Waals surface area contributed by atoms with Crippen LogP contribution >= 0.6 is 11.6 Å². The van der Waals surface area contributed by atoms with Crippen LogP contribution in [-0.2, 0) is 0 Å². The van der Waals surface area contributed by atoms with E-state index in [0.717, 1.165) is 11.4 Å². The predicted octanol–water partition coefficient (Wildman–Crippen LogP) is 4.46. The first kappa shape index (κ1) is 16.9. The molecule has 0 atom stereocenters. The Morgan fingerprint density at radius 2 is 1.72 bits per heavy atom. The molecule has 126 valence electrons. The normalized spacial score (nSPS) is 10.4. The van der Waals surface area contributed by atoms with Crippen LogP contribution in [0.15, 0.2) is 60.7 Å². The van der Waals surface area contributed by atoms with E-state index in [4.69, 9.17) is 11.6 Å². The molecular formula is C19H17ClN4O. The van der Waals surface area contributed by atoms with Crippen molar-refractivity contribution in [2.24, 2.45) is 0 Å². The van der Waals surface area contributed by atoms with Crippen LogP contribution in [0.5, 0.6) is 0 Å². The van der Waals surface area contributed by atoms with Gasteiger partial charge in [-0.3, -0.25) is 4.79 Å². The molecule has 3 rings (SSSR count). The van der Waals surface area contributed by atoms with Gasteiger partial charge in [0.05, 0.1) is 0 Å². The number of carbonyl (C=O) groups is 1. The van der Waals surface area contributed by atoms with Gasteiger partial charge in [0, 0.05) is 29.5 Å². The number of halogens is 1. The Kier molecular flexibility index (Phi) is 4.95. The molecule has 0 aliphatic rings. The van der Waals surface area contributed by atoms with Gasteiger partial charge >= 0.3 is 0 Å². The van der Waals surface area contributed by atoms with Crippen molar-refractivity contribution in [2.45, 2.75) is 6.92 Å². The monoisotopic (exact) mass is 352 g/mol. The van der Waals surface area contributed by atoms with Crippen molar-refractivity contribution in [3.05, 3.63) is 77.2 Å². The number of rotatable bonds is 4. The molecule has 0 fully saturated rings. The number of nitrogens with zero attached hydrogens (tertiary/aromatic N) is 3. The van der Waals surface area contributed by atoms with Gasteiger partial charge in [-0.25, -0.2) is 9.97 Å². The molecule has 1 N–H and O–H groups in total. The molecule has 3 aromatic rings. The predicted molar refractivity (Wildman–Crippen MR) is 101 cm³/mol. The molecule has 0 unspecified atom stereocenters. The summed E-state index contributed by atoms with van der Waals surface area (Å²) in [6.07, 6.45) is 0. The van der Waals surface area contributed by atoms with Crippen LogP contribution < -0.4 is 10.2 Å². The van der Waals surface area contributed by atoms with Crippen LogP contribution in [-0.4, -0.2) is 22.9 Å². The summed E-state index contributed by atoms with van der Waals surface area (Å²) in [6.45, 7) is 1.76. The van der Waals surface area contributed by atoms with E-state index >= 15 is 0 Å². The van der Waals surface area contributed by atoms with Crippen molar-refractivity contribution in [3.63, 3.8) is 0 Å². The van der Waals surface area contributed by atoms with Gasteiger partial charge in [-0.2, -0.15) is 0 Å². The molecule has 2 aromatic carbocycles. The molecule has 0 bridgehead atoms. The van der Waals surface area contributed by atoms with Crippen LogP contribution in [0.3, 0.4) is 0 Å². The van der Waals surface area contributed by atoms with Crippen LogP contribution in [0.1, 0.15) is 16.3 Å². The van der Waals surface area contributed by atoms with E-state index in [2.05, 4.69) is 15.3 Å². The van der Waals surface area contributed by atoms with Gasteiger partial charge in [-0.05, 0) is 43.3 Å². The van der Waals surface area contributed by atoms with Crippen LogP contribution in [0.25, 0.3) is 0 Å². The number of anilines is 3. The van der Waals surface area contributed by atoms with E-state index in [9.17, 15) is 4.79 Å². The first-order valence-corrected chi connectivity index (χ1v) is 8.12. The lowest BCUT2D eigenvalue weighted by Crippen LogP contribution is -2.27. The Labute approximate surface area is 151 Å². The SMILES string of the molecule is Cc1nc(Nc2ccc(Cl)cc2)cc(C(=O)N(C)c2ccccc2)n1. The van der Waals surface area contributed by atoms with Gasteiger partial charge in [0.2, 0.25) is 0 Å². The largest absolute Gasteiger partial charge is 0.340 e. The number of carbonyl (C=O) groups excluding carboxylic acids is 1. The van der Waals surface area contributed by atoms with Crippen molar-refractivity contribution >= 4 is 34.7 Å². The van der Waals surface area contributed by atoms with Gasteiger partial charge in [0.15, 0.2) is 0 Å². The van der Waals surface area contributed by atoms with Crippen molar-refractivity contribution in [2.75, 3.05) is 17.3 Å². The molecule has 0 aliphatic carbocycles. The van der Waals surface area contributed by atoms with E-state index in [1.54, 1.807) is 37.1 Å². The molecule has 0 aliphatic heterocycles. The summed E-state index contributed by atoms with van der Waals surface area (Å²) in [6, 6.07) is 18.3. The molecule has 0 spiro atoms. The van der Waals surface area contributed by atoms with Crippen molar-refractivity contribution in [1.29, 1.82) is 0 Å². The molecular weight excluding hydrogens is 336 g/mol. The fourth-order valence-electron chi connectivity index (χ4n) is 2.36. The number of amides is 1. The topological polar surface area (TPSA) is 58.1 Å². The number of hydrogen-bond acceptors (Lipinski definition) is 4. The van der Waals surface area contributed by atoms with Crippen molar-refractivity contribution in [3.8, 4) is 0 Å². The zero-order valence-corrected chi connectivity index (χ0v) is 14.7. The highest BCUT2D eigenvalue weighted by molar-refractivity contribution is 6.30. The second-order valence-corrected chi connectivity index (χ2v) is 5.95. The number of hydrogen-bond donors (Lipinski definition) is 1. The highest BCUT2D eigenvalue weighted by Gasteiger charge is 2.16. The summed E-state index contributed by atoms with van der Waals surface area (Å²) in [5.74, 6) is 0.874. The van der Waals surface area contributed by atoms with Crippen LogP contribution in [0.4, 0.5) is 17.2 Å². The van der Waals surface area contributed by atoms with E-state index < -0.39 is 0 Å². The Morgan fingerprint density at radius 1 is 1.04 bits per heavy atom. The molecule has 25 heavy (non-hydrogen) atoms. The standard InChI is InChI=1S/C19H17ClN4O/c1-13-21-17(19(25)24(2)16-6-4-3-5-7-16)12-18(22-13)23-15-10-8-14(20)9-11-15/h3-12H,1-2H3,(H,21,22,23). The quantitative estimate of drug-likeness (QED) is 0.753. The second-order valence-electron chi connectivity index (χ2n) is 5.52. The Bertz CT molecular complexity index is 882. The summed E-state index contributed by atoms with van der Waals surface area (Å²) in [5, 5.41) is 3.82. The third-order valence-corrected chi connectivity index (χ3v) is 3.87. The van der Waals surface area contributed by atoms with Gasteiger partial charge < -0.3 is 10.2 Å². The summed E-state index contributed by atoms with van der Waals surface area (Å²) in [4.78, 5) is 22.9. The van der Waals surface area contributed by atoms with Crippen molar-refractivity contribution < 1.29 is 4.79 Å². The smallest absolute Gasteiger partial charge is 0.276 e. The number of para-hydroxylation sites is 1. The minimum Gasteiger partial charge on any atom is -0.340 e. The number of benzene rings is 2. The minimum absolute atomic E-state index is 0.198. The number of nitrogens with one attached hydrogen (secondary N) is 1. The fourth-order valence-corrected chi connectivity index (χ4v) is 2.49.